The minimum atomic E-state index is -5.06. The summed E-state index contributed by atoms with van der Waals surface area (Å²) in [7, 11) is 1.55. The maximum absolute atomic E-state index is 14.2. The van der Waals surface area contributed by atoms with Gasteiger partial charge in [0.25, 0.3) is 5.91 Å². The van der Waals surface area contributed by atoms with Gasteiger partial charge in [0, 0.05) is 13.2 Å². The van der Waals surface area contributed by atoms with Crippen molar-refractivity contribution in [1.29, 1.82) is 0 Å². The predicted octanol–water partition coefficient (Wildman–Crippen LogP) is 3.76. The number of rotatable bonds is 6. The number of nitrogens with one attached hydrogen (secondary N) is 1. The number of hydrogen-bond donors (Lipinski definition) is 2. The highest BCUT2D eigenvalue weighted by Gasteiger charge is 2.35. The Morgan fingerprint density at radius 3 is 2.50 bits per heavy atom. The molecule has 0 aliphatic rings. The quantitative estimate of drug-likeness (QED) is 0.556. The molecule has 0 aliphatic carbocycles. The molecule has 11 heteroatoms. The third-order valence-electron chi connectivity index (χ3n) is 4.59. The fraction of sp³-hybridized carbons (Fsp3) is 0.286. The van der Waals surface area contributed by atoms with Crippen molar-refractivity contribution in [3.63, 3.8) is 0 Å². The van der Waals surface area contributed by atoms with Gasteiger partial charge in [-0.25, -0.2) is 4.39 Å². The van der Waals surface area contributed by atoms with Gasteiger partial charge in [-0.15, -0.1) is 13.2 Å². The Morgan fingerprint density at radius 2 is 1.94 bits per heavy atom. The highest BCUT2D eigenvalue weighted by atomic mass is 19.4. The Hall–Kier alpha value is -3.47. The van der Waals surface area contributed by atoms with Crippen LogP contribution in [-0.2, 0) is 7.05 Å². The van der Waals surface area contributed by atoms with Gasteiger partial charge in [-0.3, -0.25) is 14.5 Å². The van der Waals surface area contributed by atoms with Crippen LogP contribution in [0.4, 0.5) is 17.6 Å². The number of halogens is 4. The summed E-state index contributed by atoms with van der Waals surface area (Å²) in [5, 5.41) is 17.3. The van der Waals surface area contributed by atoms with E-state index in [2.05, 4.69) is 20.1 Å². The lowest BCUT2D eigenvalue weighted by atomic mass is 9.91. The molecule has 0 radical (unpaired) electrons. The molecule has 0 saturated carbocycles. The highest BCUT2D eigenvalue weighted by molar-refractivity contribution is 5.99. The molecule has 2 N–H and O–H groups in total. The molecule has 3 aromatic rings. The van der Waals surface area contributed by atoms with Crippen molar-refractivity contribution in [2.75, 3.05) is 0 Å². The molecule has 2 aromatic heterocycles. The summed E-state index contributed by atoms with van der Waals surface area (Å²) in [4.78, 5) is 17.3. The molecule has 0 saturated heterocycles. The Morgan fingerprint density at radius 1 is 1.22 bits per heavy atom. The van der Waals surface area contributed by atoms with Crippen LogP contribution in [0.15, 0.2) is 48.8 Å². The van der Waals surface area contributed by atoms with Crippen LogP contribution in [0.1, 0.15) is 35.9 Å². The summed E-state index contributed by atoms with van der Waals surface area (Å²) >= 11 is 0. The molecule has 0 unspecified atom stereocenters. The minimum absolute atomic E-state index is 0.0411. The lowest BCUT2D eigenvalue weighted by molar-refractivity contribution is -0.275. The van der Waals surface area contributed by atoms with Crippen LogP contribution in [-0.4, -0.2) is 37.7 Å². The van der Waals surface area contributed by atoms with Gasteiger partial charge in [0.2, 0.25) is 0 Å². The minimum Gasteiger partial charge on any atom is -0.403 e. The highest BCUT2D eigenvalue weighted by Crippen LogP contribution is 2.32. The average molecular weight is 452 g/mol. The molecular weight excluding hydrogens is 432 g/mol. The third-order valence-corrected chi connectivity index (χ3v) is 4.59. The van der Waals surface area contributed by atoms with Crippen LogP contribution >= 0.6 is 0 Å². The fourth-order valence-electron chi connectivity index (χ4n) is 3.19. The molecule has 0 aliphatic heterocycles. The first-order valence-electron chi connectivity index (χ1n) is 9.38. The zero-order valence-corrected chi connectivity index (χ0v) is 17.3. The molecule has 1 amide bonds. The van der Waals surface area contributed by atoms with E-state index in [1.807, 2.05) is 0 Å². The Kier molecular flexibility index (Phi) is 6.22. The number of amides is 1. The van der Waals surface area contributed by atoms with Crippen LogP contribution in [0.2, 0.25) is 0 Å². The van der Waals surface area contributed by atoms with Gasteiger partial charge in [0.1, 0.15) is 5.69 Å². The van der Waals surface area contributed by atoms with Gasteiger partial charge in [0.15, 0.2) is 11.6 Å². The zero-order valence-electron chi connectivity index (χ0n) is 17.3. The van der Waals surface area contributed by atoms with Crippen molar-refractivity contribution in [3.05, 3.63) is 65.9 Å². The summed E-state index contributed by atoms with van der Waals surface area (Å²) in [6.45, 7) is 2.75. The molecule has 0 spiro atoms. The first kappa shape index (κ1) is 23.2. The maximum atomic E-state index is 14.2. The molecule has 0 fully saturated rings. The van der Waals surface area contributed by atoms with E-state index in [9.17, 15) is 27.5 Å². The summed E-state index contributed by atoms with van der Waals surface area (Å²) in [5.41, 5.74) is -0.501. The second-order valence-electron chi connectivity index (χ2n) is 7.54. The van der Waals surface area contributed by atoms with Crippen LogP contribution < -0.4 is 10.1 Å². The Labute approximate surface area is 180 Å². The SMILES string of the molecule is Cn1ncc(-c2ccccn2)c1C(=O)N[C@@H](c1ccc(OC(F)(F)F)c(F)c1)C(C)(C)O. The number of pyridine rings is 1. The van der Waals surface area contributed by atoms with E-state index < -0.39 is 35.5 Å². The second-order valence-corrected chi connectivity index (χ2v) is 7.54. The van der Waals surface area contributed by atoms with E-state index in [0.29, 0.717) is 11.3 Å². The monoisotopic (exact) mass is 452 g/mol. The summed E-state index contributed by atoms with van der Waals surface area (Å²) in [6.07, 6.45) is -2.05. The van der Waals surface area contributed by atoms with E-state index in [1.165, 1.54) is 24.7 Å². The molecule has 0 bridgehead atoms. The van der Waals surface area contributed by atoms with Crippen molar-refractivity contribution in [1.82, 2.24) is 20.1 Å². The number of aryl methyl sites for hydroxylation is 1. The van der Waals surface area contributed by atoms with Crippen LogP contribution in [0.3, 0.4) is 0 Å². The number of ether oxygens (including phenoxy) is 1. The molecule has 32 heavy (non-hydrogen) atoms. The van der Waals surface area contributed by atoms with Crippen LogP contribution in [0.25, 0.3) is 11.3 Å². The van der Waals surface area contributed by atoms with Crippen molar-refractivity contribution in [3.8, 4) is 17.0 Å². The Balaban J connectivity index is 1.94. The molecular formula is C21H20F4N4O3. The molecule has 1 atom stereocenters. The topological polar surface area (TPSA) is 89.3 Å². The molecule has 3 rings (SSSR count). The number of hydrogen-bond acceptors (Lipinski definition) is 5. The third kappa shape index (κ3) is 5.22. The van der Waals surface area contributed by atoms with Gasteiger partial charge >= 0.3 is 6.36 Å². The number of carbonyl (C=O) groups is 1. The fourth-order valence-corrected chi connectivity index (χ4v) is 3.19. The first-order valence-corrected chi connectivity index (χ1v) is 9.38. The van der Waals surface area contributed by atoms with Crippen molar-refractivity contribution >= 4 is 5.91 Å². The van der Waals surface area contributed by atoms with Crippen molar-refractivity contribution in [2.24, 2.45) is 7.05 Å². The maximum Gasteiger partial charge on any atom is 0.573 e. The van der Waals surface area contributed by atoms with Gasteiger partial charge in [-0.1, -0.05) is 12.1 Å². The van der Waals surface area contributed by atoms with Gasteiger partial charge in [0.05, 0.1) is 29.1 Å². The lowest BCUT2D eigenvalue weighted by Gasteiger charge is -2.31. The summed E-state index contributed by atoms with van der Waals surface area (Å²) in [6, 6.07) is 6.66. The zero-order chi connectivity index (χ0) is 23.7. The predicted molar refractivity (Wildman–Crippen MR) is 106 cm³/mol. The van der Waals surface area contributed by atoms with E-state index in [1.54, 1.807) is 31.4 Å². The summed E-state index contributed by atoms with van der Waals surface area (Å²) < 4.78 is 56.4. The average Bonchev–Trinajstić information content (AvgIpc) is 3.08. The smallest absolute Gasteiger partial charge is 0.403 e. The van der Waals surface area contributed by atoms with E-state index in [4.69, 9.17) is 0 Å². The number of aromatic nitrogens is 3. The number of alkyl halides is 3. The lowest BCUT2D eigenvalue weighted by Crippen LogP contribution is -2.42. The van der Waals surface area contributed by atoms with E-state index in [0.717, 1.165) is 18.2 Å². The number of aliphatic hydroxyl groups is 1. The number of nitrogens with zero attached hydrogens (tertiary/aromatic N) is 3. The summed E-state index contributed by atoms with van der Waals surface area (Å²) in [5.74, 6) is -2.96. The number of benzene rings is 1. The van der Waals surface area contributed by atoms with E-state index >= 15 is 0 Å². The number of carbonyl (C=O) groups excluding carboxylic acids is 1. The molecule has 170 valence electrons. The van der Waals surface area contributed by atoms with Gasteiger partial charge in [-0.2, -0.15) is 5.10 Å². The standard InChI is InChI=1S/C21H20F4N4O3/c1-20(2,31)18(12-7-8-16(14(22)10-12)32-21(23,24)25)28-19(30)17-13(11-27-29(17)3)15-6-4-5-9-26-15/h4-11,18,31H,1-3H3,(H,28,30)/t18-/m0/s1. The normalized spacial score (nSPS) is 13.0. The molecule has 2 heterocycles. The Bertz CT molecular complexity index is 1110. The molecule has 7 nitrogen and oxygen atoms in total. The first-order chi connectivity index (χ1) is 14.9. The van der Waals surface area contributed by atoms with E-state index in [-0.39, 0.29) is 11.3 Å². The van der Waals surface area contributed by atoms with Crippen LogP contribution in [0, 0.1) is 5.82 Å². The van der Waals surface area contributed by atoms with Gasteiger partial charge < -0.3 is 15.2 Å². The van der Waals surface area contributed by atoms with Crippen LogP contribution in [0.5, 0.6) is 5.75 Å². The second kappa shape index (κ2) is 8.58. The largest absolute Gasteiger partial charge is 0.573 e. The van der Waals surface area contributed by atoms with Gasteiger partial charge in [-0.05, 0) is 43.7 Å². The van der Waals surface area contributed by atoms with Crippen molar-refractivity contribution in [2.45, 2.75) is 31.9 Å². The van der Waals surface area contributed by atoms with Crippen molar-refractivity contribution < 1.29 is 32.2 Å². The molecule has 1 aromatic carbocycles.